The van der Waals surface area contributed by atoms with Crippen molar-refractivity contribution in [2.24, 2.45) is 23.2 Å². The first-order valence-electron chi connectivity index (χ1n) is 7.50. The van der Waals surface area contributed by atoms with Gasteiger partial charge in [0.2, 0.25) is 0 Å². The van der Waals surface area contributed by atoms with Crippen LogP contribution >= 0.6 is 0 Å². The second-order valence-electron chi connectivity index (χ2n) is 6.91. The Hall–Kier alpha value is -0.540. The molecule has 0 N–H and O–H groups in total. The van der Waals surface area contributed by atoms with E-state index in [1.165, 1.54) is 0 Å². The van der Waals surface area contributed by atoms with E-state index in [1.54, 1.807) is 0 Å². The van der Waals surface area contributed by atoms with Crippen LogP contribution in [0.2, 0.25) is 0 Å². The van der Waals surface area contributed by atoms with E-state index >= 15 is 0 Å². The normalized spacial score (nSPS) is 42.9. The molecule has 2 bridgehead atoms. The van der Waals surface area contributed by atoms with Gasteiger partial charge in [0, 0.05) is 12.3 Å². The maximum Gasteiger partial charge on any atom is 0.392 e. The molecule has 0 aromatic rings. The number of hydrogen-bond donors (Lipinski definition) is 0. The van der Waals surface area contributed by atoms with Gasteiger partial charge < -0.3 is 0 Å². The minimum Gasteiger partial charge on any atom is -0.299 e. The SMILES string of the molecule is O=C1CCCCC1CC12CCC(CC1C(F)(F)F)C2. The zero-order valence-corrected chi connectivity index (χ0v) is 11.1. The first kappa shape index (κ1) is 13.4. The smallest absolute Gasteiger partial charge is 0.299 e. The fourth-order valence-corrected chi connectivity index (χ4v) is 4.94. The summed E-state index contributed by atoms with van der Waals surface area (Å²) >= 11 is 0. The maximum atomic E-state index is 13.2. The van der Waals surface area contributed by atoms with Gasteiger partial charge in [-0.25, -0.2) is 0 Å². The third-order valence-electron chi connectivity index (χ3n) is 5.78. The highest BCUT2D eigenvalue weighted by Crippen LogP contribution is 2.64. The molecule has 108 valence electrons. The summed E-state index contributed by atoms with van der Waals surface area (Å²) in [7, 11) is 0. The molecule has 0 aromatic heterocycles. The third kappa shape index (κ3) is 2.31. The fourth-order valence-electron chi connectivity index (χ4n) is 4.94. The lowest BCUT2D eigenvalue weighted by molar-refractivity contribution is -0.207. The predicted molar refractivity (Wildman–Crippen MR) is 65.5 cm³/mol. The monoisotopic (exact) mass is 274 g/mol. The molecule has 1 nitrogen and oxygen atoms in total. The maximum absolute atomic E-state index is 13.2. The zero-order valence-electron chi connectivity index (χ0n) is 11.1. The molecule has 0 aliphatic heterocycles. The molecular weight excluding hydrogens is 253 g/mol. The lowest BCUT2D eigenvalue weighted by atomic mass is 9.67. The van der Waals surface area contributed by atoms with Crippen molar-refractivity contribution >= 4 is 5.78 Å². The van der Waals surface area contributed by atoms with E-state index in [-0.39, 0.29) is 17.6 Å². The largest absolute Gasteiger partial charge is 0.392 e. The van der Waals surface area contributed by atoms with E-state index in [4.69, 9.17) is 0 Å². The van der Waals surface area contributed by atoms with Gasteiger partial charge in [-0.1, -0.05) is 6.42 Å². The van der Waals surface area contributed by atoms with E-state index in [0.29, 0.717) is 32.1 Å². The lowest BCUT2D eigenvalue weighted by Crippen LogP contribution is -2.39. The number of alkyl halides is 3. The Morgan fingerprint density at radius 2 is 2.00 bits per heavy atom. The highest BCUT2D eigenvalue weighted by molar-refractivity contribution is 5.81. The van der Waals surface area contributed by atoms with Crippen LogP contribution in [0, 0.1) is 23.2 Å². The van der Waals surface area contributed by atoms with Crippen molar-refractivity contribution in [3.63, 3.8) is 0 Å². The Balaban J connectivity index is 1.78. The fraction of sp³-hybridized carbons (Fsp3) is 0.933. The minimum absolute atomic E-state index is 0.0875. The van der Waals surface area contributed by atoms with Crippen LogP contribution in [0.1, 0.15) is 57.8 Å². The molecule has 0 saturated heterocycles. The van der Waals surface area contributed by atoms with E-state index in [2.05, 4.69) is 0 Å². The summed E-state index contributed by atoms with van der Waals surface area (Å²) in [6, 6.07) is 0. The van der Waals surface area contributed by atoms with E-state index in [9.17, 15) is 18.0 Å². The van der Waals surface area contributed by atoms with Crippen molar-refractivity contribution in [1.82, 2.24) is 0 Å². The van der Waals surface area contributed by atoms with Gasteiger partial charge in [0.25, 0.3) is 0 Å². The van der Waals surface area contributed by atoms with E-state index in [1.807, 2.05) is 0 Å². The predicted octanol–water partition coefficient (Wildman–Crippen LogP) is 4.50. The Labute approximate surface area is 111 Å². The van der Waals surface area contributed by atoms with Crippen molar-refractivity contribution in [3.05, 3.63) is 0 Å². The average Bonchev–Trinajstić information content (AvgIpc) is 2.89. The number of fused-ring (bicyclic) bond motifs is 2. The molecule has 0 aromatic carbocycles. The lowest BCUT2D eigenvalue weighted by Gasteiger charge is -2.39. The van der Waals surface area contributed by atoms with Gasteiger partial charge in [-0.15, -0.1) is 0 Å². The summed E-state index contributed by atoms with van der Waals surface area (Å²) in [5, 5.41) is 0. The Morgan fingerprint density at radius 1 is 1.21 bits per heavy atom. The van der Waals surface area contributed by atoms with Gasteiger partial charge in [-0.2, -0.15) is 13.2 Å². The summed E-state index contributed by atoms with van der Waals surface area (Å²) in [6.07, 6.45) is 2.40. The second kappa shape index (κ2) is 4.49. The first-order valence-corrected chi connectivity index (χ1v) is 7.50. The van der Waals surface area contributed by atoms with Crippen LogP contribution in [-0.2, 0) is 4.79 Å². The highest BCUT2D eigenvalue weighted by atomic mass is 19.4. The molecule has 0 heterocycles. The number of carbonyl (C=O) groups excluding carboxylic acids is 1. The van der Waals surface area contributed by atoms with Crippen LogP contribution < -0.4 is 0 Å². The summed E-state index contributed by atoms with van der Waals surface area (Å²) in [6.45, 7) is 0. The number of rotatable bonds is 2. The van der Waals surface area contributed by atoms with Gasteiger partial charge in [-0.05, 0) is 56.3 Å². The summed E-state index contributed by atoms with van der Waals surface area (Å²) in [4.78, 5) is 11.9. The molecule has 4 atom stereocenters. The Morgan fingerprint density at radius 3 is 2.63 bits per heavy atom. The van der Waals surface area contributed by atoms with Crippen molar-refractivity contribution in [2.45, 2.75) is 64.0 Å². The zero-order chi connectivity index (χ0) is 13.7. The van der Waals surface area contributed by atoms with E-state index < -0.39 is 17.5 Å². The van der Waals surface area contributed by atoms with Crippen LogP contribution in [-0.4, -0.2) is 12.0 Å². The molecule has 0 spiro atoms. The van der Waals surface area contributed by atoms with Crippen LogP contribution in [0.15, 0.2) is 0 Å². The Bertz CT molecular complexity index is 376. The van der Waals surface area contributed by atoms with Crippen molar-refractivity contribution < 1.29 is 18.0 Å². The highest BCUT2D eigenvalue weighted by Gasteiger charge is 2.61. The third-order valence-corrected chi connectivity index (χ3v) is 5.78. The number of Topliss-reactive ketones (excluding diaryl/α,β-unsaturated/α-hetero) is 1. The average molecular weight is 274 g/mol. The molecule has 4 heteroatoms. The molecule has 19 heavy (non-hydrogen) atoms. The molecule has 3 fully saturated rings. The summed E-state index contributed by atoms with van der Waals surface area (Å²) < 4.78 is 39.7. The quantitative estimate of drug-likeness (QED) is 0.724. The van der Waals surface area contributed by atoms with Gasteiger partial charge >= 0.3 is 6.18 Å². The molecule has 3 rings (SSSR count). The summed E-state index contributed by atoms with van der Waals surface area (Å²) in [5.74, 6) is -0.758. The first-order chi connectivity index (χ1) is 8.91. The van der Waals surface area contributed by atoms with Gasteiger partial charge in [0.05, 0.1) is 5.92 Å². The molecular formula is C15H21F3O. The second-order valence-corrected chi connectivity index (χ2v) is 6.91. The number of halogens is 3. The minimum atomic E-state index is -4.08. The van der Waals surface area contributed by atoms with Gasteiger partial charge in [0.1, 0.15) is 5.78 Å². The number of ketones is 1. The van der Waals surface area contributed by atoms with Crippen molar-refractivity contribution in [1.29, 1.82) is 0 Å². The van der Waals surface area contributed by atoms with Crippen LogP contribution in [0.3, 0.4) is 0 Å². The molecule has 3 aliphatic carbocycles. The Kier molecular flexibility index (Phi) is 3.18. The van der Waals surface area contributed by atoms with Crippen LogP contribution in [0.4, 0.5) is 13.2 Å². The number of hydrogen-bond acceptors (Lipinski definition) is 1. The van der Waals surface area contributed by atoms with Gasteiger partial charge in [-0.3, -0.25) is 4.79 Å². The van der Waals surface area contributed by atoms with Gasteiger partial charge in [0.15, 0.2) is 0 Å². The van der Waals surface area contributed by atoms with Crippen molar-refractivity contribution in [3.8, 4) is 0 Å². The molecule has 3 saturated carbocycles. The standard InChI is InChI=1S/C15H21F3O/c16-15(17,18)13-7-10-5-6-14(13,8-10)9-11-3-1-2-4-12(11)19/h10-11,13H,1-9H2. The van der Waals surface area contributed by atoms with Crippen LogP contribution in [0.5, 0.6) is 0 Å². The molecule has 4 unspecified atom stereocenters. The molecule has 0 radical (unpaired) electrons. The molecule has 3 aliphatic rings. The summed E-state index contributed by atoms with van der Waals surface area (Å²) in [5.41, 5.74) is -0.597. The van der Waals surface area contributed by atoms with E-state index in [0.717, 1.165) is 25.7 Å². The number of carbonyl (C=O) groups is 1. The van der Waals surface area contributed by atoms with Crippen molar-refractivity contribution in [2.75, 3.05) is 0 Å². The molecule has 0 amide bonds. The van der Waals surface area contributed by atoms with Crippen LogP contribution in [0.25, 0.3) is 0 Å². The topological polar surface area (TPSA) is 17.1 Å².